The van der Waals surface area contributed by atoms with Gasteiger partial charge in [-0.3, -0.25) is 9.69 Å². The van der Waals surface area contributed by atoms with Gasteiger partial charge in [0, 0.05) is 6.54 Å². The van der Waals surface area contributed by atoms with Crippen LogP contribution >= 0.6 is 0 Å². The number of likely N-dealkylation sites (tertiary alicyclic amines) is 1. The van der Waals surface area contributed by atoms with Crippen molar-refractivity contribution in [3.05, 3.63) is 0 Å². The number of carboxylic acid groups (broad SMARTS) is 2. The van der Waals surface area contributed by atoms with Gasteiger partial charge in [0.15, 0.2) is 6.10 Å². The Labute approximate surface area is 80.8 Å². The van der Waals surface area contributed by atoms with E-state index in [4.69, 9.17) is 15.3 Å². The lowest BCUT2D eigenvalue weighted by atomic mass is 10.2. The fourth-order valence-electron chi connectivity index (χ4n) is 1.62. The number of aliphatic carboxylic acids is 2. The number of aliphatic hydroxyl groups excluding tert-OH is 1. The van der Waals surface area contributed by atoms with E-state index in [1.54, 1.807) is 0 Å². The molecule has 1 heterocycles. The minimum atomic E-state index is -1.50. The number of aliphatic hydroxyl groups is 1. The Morgan fingerprint density at radius 2 is 2.07 bits per heavy atom. The predicted octanol–water partition coefficient (Wildman–Crippen LogP) is -1.02. The molecule has 0 aromatic rings. The van der Waals surface area contributed by atoms with Crippen molar-refractivity contribution in [2.24, 2.45) is 0 Å². The molecule has 0 saturated carbocycles. The van der Waals surface area contributed by atoms with Gasteiger partial charge >= 0.3 is 11.9 Å². The van der Waals surface area contributed by atoms with E-state index in [0.717, 1.165) is 6.42 Å². The van der Waals surface area contributed by atoms with Crippen LogP contribution in [0.3, 0.4) is 0 Å². The van der Waals surface area contributed by atoms with Crippen LogP contribution in [0.2, 0.25) is 0 Å². The molecule has 3 N–H and O–H groups in total. The van der Waals surface area contributed by atoms with Gasteiger partial charge in [0.2, 0.25) is 0 Å². The van der Waals surface area contributed by atoms with E-state index in [1.165, 1.54) is 4.90 Å². The lowest BCUT2D eigenvalue weighted by Crippen LogP contribution is -2.42. The highest BCUT2D eigenvalue weighted by Gasteiger charge is 2.32. The highest BCUT2D eigenvalue weighted by atomic mass is 16.4. The van der Waals surface area contributed by atoms with Crippen LogP contribution in [-0.2, 0) is 9.59 Å². The lowest BCUT2D eigenvalue weighted by Gasteiger charge is -2.21. The summed E-state index contributed by atoms with van der Waals surface area (Å²) >= 11 is 0. The summed E-state index contributed by atoms with van der Waals surface area (Å²) in [6.45, 7) is 0.410. The third kappa shape index (κ3) is 2.43. The molecule has 80 valence electrons. The molecule has 6 nitrogen and oxygen atoms in total. The van der Waals surface area contributed by atoms with E-state index in [-0.39, 0.29) is 6.54 Å². The molecular formula is C8H13NO5. The monoisotopic (exact) mass is 203 g/mol. The molecule has 1 aliphatic heterocycles. The van der Waals surface area contributed by atoms with E-state index < -0.39 is 24.1 Å². The van der Waals surface area contributed by atoms with Gasteiger partial charge in [0.05, 0.1) is 0 Å². The second-order valence-corrected chi connectivity index (χ2v) is 3.35. The van der Waals surface area contributed by atoms with Gasteiger partial charge in [0.25, 0.3) is 0 Å². The minimum absolute atomic E-state index is 0.119. The van der Waals surface area contributed by atoms with Crippen molar-refractivity contribution >= 4 is 11.9 Å². The van der Waals surface area contributed by atoms with Gasteiger partial charge < -0.3 is 15.3 Å². The van der Waals surface area contributed by atoms with Crippen LogP contribution in [-0.4, -0.2) is 57.4 Å². The van der Waals surface area contributed by atoms with Crippen LogP contribution in [0.1, 0.15) is 12.8 Å². The molecule has 1 aliphatic rings. The molecule has 0 radical (unpaired) electrons. The van der Waals surface area contributed by atoms with Crippen molar-refractivity contribution in [3.8, 4) is 0 Å². The normalized spacial score (nSPS) is 24.8. The van der Waals surface area contributed by atoms with Gasteiger partial charge in [-0.1, -0.05) is 0 Å². The van der Waals surface area contributed by atoms with Crippen molar-refractivity contribution in [1.82, 2.24) is 4.90 Å². The maximum atomic E-state index is 10.7. The van der Waals surface area contributed by atoms with Crippen molar-refractivity contribution in [2.45, 2.75) is 25.0 Å². The Hall–Kier alpha value is -1.14. The number of β-amino-alcohol motifs (C(OH)–C–C–N with tert-alkyl or cyclic N) is 1. The maximum absolute atomic E-state index is 10.7. The first kappa shape index (κ1) is 10.9. The Morgan fingerprint density at radius 3 is 2.57 bits per heavy atom. The highest BCUT2D eigenvalue weighted by molar-refractivity contribution is 5.74. The topological polar surface area (TPSA) is 98.1 Å². The van der Waals surface area contributed by atoms with E-state index in [0.29, 0.717) is 13.0 Å². The second kappa shape index (κ2) is 4.39. The first-order valence-corrected chi connectivity index (χ1v) is 4.40. The molecule has 0 amide bonds. The average Bonchev–Trinajstić information content (AvgIpc) is 2.52. The second-order valence-electron chi connectivity index (χ2n) is 3.35. The fraction of sp³-hybridized carbons (Fsp3) is 0.750. The molecule has 0 aromatic carbocycles. The van der Waals surface area contributed by atoms with Crippen LogP contribution in [0, 0.1) is 0 Å². The van der Waals surface area contributed by atoms with Crippen LogP contribution in [0.5, 0.6) is 0 Å². The van der Waals surface area contributed by atoms with Gasteiger partial charge in [-0.25, -0.2) is 4.79 Å². The number of carboxylic acids is 2. The van der Waals surface area contributed by atoms with Crippen LogP contribution in [0.15, 0.2) is 0 Å². The number of carbonyl (C=O) groups is 2. The molecule has 6 heteroatoms. The van der Waals surface area contributed by atoms with Gasteiger partial charge in [-0.15, -0.1) is 0 Å². The van der Waals surface area contributed by atoms with Crippen LogP contribution in [0.4, 0.5) is 0 Å². The standard InChI is InChI=1S/C8H13NO5/c10-6(8(13)14)4-9-3-1-2-5(9)7(11)12/h5-6,10H,1-4H2,(H,11,12)(H,13,14)/t5-,6+/m0/s1. The fourth-order valence-corrected chi connectivity index (χ4v) is 1.62. The van der Waals surface area contributed by atoms with Crippen molar-refractivity contribution in [1.29, 1.82) is 0 Å². The summed E-state index contributed by atoms with van der Waals surface area (Å²) in [6, 6.07) is -0.649. The molecule has 1 fully saturated rings. The third-order valence-electron chi connectivity index (χ3n) is 2.34. The van der Waals surface area contributed by atoms with Crippen molar-refractivity contribution in [3.63, 3.8) is 0 Å². The van der Waals surface area contributed by atoms with Gasteiger partial charge in [0.1, 0.15) is 6.04 Å². The zero-order chi connectivity index (χ0) is 10.7. The molecule has 1 saturated heterocycles. The van der Waals surface area contributed by atoms with Crippen LogP contribution < -0.4 is 0 Å². The number of rotatable bonds is 4. The maximum Gasteiger partial charge on any atom is 0.333 e. The summed E-state index contributed by atoms with van der Waals surface area (Å²) < 4.78 is 0. The van der Waals surface area contributed by atoms with E-state index in [9.17, 15) is 9.59 Å². The Balaban J connectivity index is 2.51. The summed E-state index contributed by atoms with van der Waals surface area (Å²) in [6.07, 6.45) is -0.264. The zero-order valence-electron chi connectivity index (χ0n) is 7.59. The average molecular weight is 203 g/mol. The molecule has 0 aliphatic carbocycles. The summed E-state index contributed by atoms with van der Waals surface area (Å²) in [7, 11) is 0. The molecule has 0 spiro atoms. The molecule has 2 atom stereocenters. The minimum Gasteiger partial charge on any atom is -0.480 e. The summed E-state index contributed by atoms with van der Waals surface area (Å²) in [5.41, 5.74) is 0. The van der Waals surface area contributed by atoms with Crippen molar-refractivity contribution < 1.29 is 24.9 Å². The molecule has 1 rings (SSSR count). The highest BCUT2D eigenvalue weighted by Crippen LogP contribution is 2.17. The summed E-state index contributed by atoms with van der Waals surface area (Å²) in [5.74, 6) is -2.28. The summed E-state index contributed by atoms with van der Waals surface area (Å²) in [5, 5.41) is 26.3. The Kier molecular flexibility index (Phi) is 3.43. The number of hydrogen-bond donors (Lipinski definition) is 3. The summed E-state index contributed by atoms with van der Waals surface area (Å²) in [4.78, 5) is 22.5. The Bertz CT molecular complexity index is 242. The first-order valence-electron chi connectivity index (χ1n) is 4.40. The molecule has 0 unspecified atom stereocenters. The number of hydrogen-bond acceptors (Lipinski definition) is 4. The zero-order valence-corrected chi connectivity index (χ0v) is 7.59. The Morgan fingerprint density at radius 1 is 1.43 bits per heavy atom. The third-order valence-corrected chi connectivity index (χ3v) is 2.34. The SMILES string of the molecule is O=C(O)[C@H](O)CN1CCC[C@H]1C(=O)O. The van der Waals surface area contributed by atoms with Crippen LogP contribution in [0.25, 0.3) is 0 Å². The molecule has 0 aromatic heterocycles. The first-order chi connectivity index (χ1) is 6.52. The van der Waals surface area contributed by atoms with Gasteiger partial charge in [-0.05, 0) is 19.4 Å². The predicted molar refractivity (Wildman–Crippen MR) is 45.9 cm³/mol. The molecule has 14 heavy (non-hydrogen) atoms. The lowest BCUT2D eigenvalue weighted by molar-refractivity contribution is -0.150. The van der Waals surface area contributed by atoms with E-state index >= 15 is 0 Å². The molecule has 0 bridgehead atoms. The van der Waals surface area contributed by atoms with E-state index in [2.05, 4.69) is 0 Å². The number of nitrogens with zero attached hydrogens (tertiary/aromatic N) is 1. The van der Waals surface area contributed by atoms with E-state index in [1.807, 2.05) is 0 Å². The quantitative estimate of drug-likeness (QED) is 0.541. The smallest absolute Gasteiger partial charge is 0.333 e. The van der Waals surface area contributed by atoms with Crippen molar-refractivity contribution in [2.75, 3.05) is 13.1 Å². The molecular weight excluding hydrogens is 190 g/mol. The van der Waals surface area contributed by atoms with Gasteiger partial charge in [-0.2, -0.15) is 0 Å². The largest absolute Gasteiger partial charge is 0.480 e.